The number of nitrogens with one attached hydrogen (secondary N) is 1. The van der Waals surface area contributed by atoms with Gasteiger partial charge < -0.3 is 5.32 Å². The van der Waals surface area contributed by atoms with Gasteiger partial charge in [-0.05, 0) is 23.1 Å². The molecule has 0 aliphatic rings. The molecule has 0 amide bonds. The zero-order valence-corrected chi connectivity index (χ0v) is 15.4. The summed E-state index contributed by atoms with van der Waals surface area (Å²) in [5.41, 5.74) is -0.162. The standard InChI is InChI=1S/C19H23F2NO2S/c1-18(2,3)17(22-14-15-10-6-4-7-11-15)19(20,21)25(23,24)16-12-8-5-9-13-16/h4-13,17,22H,14H2,1-3H3. The topological polar surface area (TPSA) is 46.2 Å². The molecule has 136 valence electrons. The van der Waals surface area contributed by atoms with Crippen molar-refractivity contribution in [2.45, 2.75) is 43.5 Å². The predicted octanol–water partition coefficient (Wildman–Crippen LogP) is 4.26. The maximum atomic E-state index is 15.1. The Kier molecular flexibility index (Phi) is 5.64. The van der Waals surface area contributed by atoms with E-state index in [0.717, 1.165) is 5.56 Å². The molecule has 3 nitrogen and oxygen atoms in total. The highest BCUT2D eigenvalue weighted by Crippen LogP contribution is 2.39. The normalized spacial score (nSPS) is 14.3. The fourth-order valence-corrected chi connectivity index (χ4v) is 4.23. The van der Waals surface area contributed by atoms with E-state index in [-0.39, 0.29) is 11.4 Å². The maximum Gasteiger partial charge on any atom is 0.365 e. The van der Waals surface area contributed by atoms with Gasteiger partial charge in [-0.25, -0.2) is 8.42 Å². The first kappa shape index (κ1) is 19.5. The predicted molar refractivity (Wildman–Crippen MR) is 95.1 cm³/mol. The monoisotopic (exact) mass is 367 g/mol. The van der Waals surface area contributed by atoms with Crippen molar-refractivity contribution in [3.8, 4) is 0 Å². The third-order valence-electron chi connectivity index (χ3n) is 3.97. The Balaban J connectivity index is 2.36. The van der Waals surface area contributed by atoms with Crippen LogP contribution in [0.3, 0.4) is 0 Å². The van der Waals surface area contributed by atoms with Crippen molar-refractivity contribution in [3.05, 3.63) is 66.2 Å². The lowest BCUT2D eigenvalue weighted by molar-refractivity contribution is 0.00143. The third kappa shape index (κ3) is 4.25. The molecular formula is C19H23F2NO2S. The van der Waals surface area contributed by atoms with Gasteiger partial charge in [-0.2, -0.15) is 8.78 Å². The maximum absolute atomic E-state index is 15.1. The minimum absolute atomic E-state index is 0.155. The Morgan fingerprint density at radius 1 is 0.920 bits per heavy atom. The molecule has 0 spiro atoms. The van der Waals surface area contributed by atoms with Gasteiger partial charge in [0.05, 0.1) is 10.9 Å². The van der Waals surface area contributed by atoms with Crippen molar-refractivity contribution in [1.82, 2.24) is 5.32 Å². The van der Waals surface area contributed by atoms with Gasteiger partial charge in [0.2, 0.25) is 9.84 Å². The average Bonchev–Trinajstić information content (AvgIpc) is 2.55. The molecule has 0 aliphatic carbocycles. The second-order valence-corrected chi connectivity index (χ2v) is 9.07. The Morgan fingerprint density at radius 2 is 1.40 bits per heavy atom. The quantitative estimate of drug-likeness (QED) is 0.830. The van der Waals surface area contributed by atoms with Gasteiger partial charge in [0, 0.05) is 6.54 Å². The highest BCUT2D eigenvalue weighted by Gasteiger charge is 2.56. The third-order valence-corrected chi connectivity index (χ3v) is 5.81. The van der Waals surface area contributed by atoms with Crippen molar-refractivity contribution < 1.29 is 17.2 Å². The van der Waals surface area contributed by atoms with Crippen LogP contribution < -0.4 is 5.32 Å². The Labute approximate surface area is 148 Å². The van der Waals surface area contributed by atoms with E-state index in [1.54, 1.807) is 39.0 Å². The molecule has 2 aromatic rings. The molecule has 1 N–H and O–H groups in total. The molecule has 2 aromatic carbocycles. The number of rotatable bonds is 6. The first-order valence-corrected chi connectivity index (χ1v) is 9.50. The molecule has 1 atom stereocenters. The Hall–Kier alpha value is -1.79. The molecule has 0 heterocycles. The molecule has 0 radical (unpaired) electrons. The van der Waals surface area contributed by atoms with E-state index in [2.05, 4.69) is 5.32 Å². The van der Waals surface area contributed by atoms with Gasteiger partial charge in [-0.1, -0.05) is 69.3 Å². The number of alkyl halides is 2. The number of sulfone groups is 1. The molecule has 1 unspecified atom stereocenters. The number of benzene rings is 2. The van der Waals surface area contributed by atoms with E-state index in [0.29, 0.717) is 0 Å². The van der Waals surface area contributed by atoms with Crippen molar-refractivity contribution in [1.29, 1.82) is 0 Å². The summed E-state index contributed by atoms with van der Waals surface area (Å²) in [4.78, 5) is -0.379. The van der Waals surface area contributed by atoms with Crippen LogP contribution in [0.5, 0.6) is 0 Å². The first-order chi connectivity index (χ1) is 11.6. The fraction of sp³-hybridized carbons (Fsp3) is 0.368. The summed E-state index contributed by atoms with van der Waals surface area (Å²) >= 11 is 0. The summed E-state index contributed by atoms with van der Waals surface area (Å²) in [6.07, 6.45) is 0. The molecule has 6 heteroatoms. The van der Waals surface area contributed by atoms with Gasteiger partial charge in [-0.3, -0.25) is 0 Å². The van der Waals surface area contributed by atoms with E-state index in [9.17, 15) is 8.42 Å². The molecule has 0 bridgehead atoms. The van der Waals surface area contributed by atoms with Crippen LogP contribution in [-0.2, 0) is 16.4 Å². The second-order valence-electron chi connectivity index (χ2n) is 7.04. The zero-order chi connectivity index (χ0) is 18.7. The van der Waals surface area contributed by atoms with Crippen LogP contribution in [0.25, 0.3) is 0 Å². The van der Waals surface area contributed by atoms with Gasteiger partial charge in [0.15, 0.2) is 0 Å². The highest BCUT2D eigenvalue weighted by molar-refractivity contribution is 7.92. The lowest BCUT2D eigenvalue weighted by Crippen LogP contribution is -2.56. The zero-order valence-electron chi connectivity index (χ0n) is 14.5. The molecule has 2 rings (SSSR count). The van der Waals surface area contributed by atoms with E-state index >= 15 is 8.78 Å². The summed E-state index contributed by atoms with van der Waals surface area (Å²) in [6, 6.07) is 14.4. The van der Waals surface area contributed by atoms with Crippen LogP contribution in [0.2, 0.25) is 0 Å². The van der Waals surface area contributed by atoms with Gasteiger partial charge in [-0.15, -0.1) is 0 Å². The number of hydrogen-bond acceptors (Lipinski definition) is 3. The van der Waals surface area contributed by atoms with Crippen molar-refractivity contribution in [2.24, 2.45) is 5.41 Å². The molecule has 0 fully saturated rings. The largest absolute Gasteiger partial charge is 0.365 e. The van der Waals surface area contributed by atoms with Crippen LogP contribution in [0, 0.1) is 5.41 Å². The van der Waals surface area contributed by atoms with Crippen LogP contribution in [-0.4, -0.2) is 19.7 Å². The van der Waals surface area contributed by atoms with E-state index < -0.39 is 26.5 Å². The van der Waals surface area contributed by atoms with E-state index in [1.165, 1.54) is 24.3 Å². The van der Waals surface area contributed by atoms with E-state index in [1.807, 2.05) is 18.2 Å². The Bertz CT molecular complexity index is 785. The second kappa shape index (κ2) is 7.22. The summed E-state index contributed by atoms with van der Waals surface area (Å²) in [5.74, 6) is 0. The molecule has 0 aliphatic heterocycles. The average molecular weight is 367 g/mol. The Morgan fingerprint density at radius 3 is 1.88 bits per heavy atom. The van der Waals surface area contributed by atoms with Crippen LogP contribution in [0.1, 0.15) is 26.3 Å². The lowest BCUT2D eigenvalue weighted by Gasteiger charge is -2.37. The number of halogens is 2. The smallest absolute Gasteiger partial charge is 0.303 e. The summed E-state index contributed by atoms with van der Waals surface area (Å²) in [5, 5.41) is -1.19. The van der Waals surface area contributed by atoms with Gasteiger partial charge in [0.25, 0.3) is 0 Å². The van der Waals surface area contributed by atoms with Crippen LogP contribution >= 0.6 is 0 Å². The fourth-order valence-electron chi connectivity index (χ4n) is 2.66. The van der Waals surface area contributed by atoms with Crippen molar-refractivity contribution >= 4 is 9.84 Å². The minimum Gasteiger partial charge on any atom is -0.303 e. The van der Waals surface area contributed by atoms with Crippen molar-refractivity contribution in [2.75, 3.05) is 0 Å². The lowest BCUT2D eigenvalue weighted by atomic mass is 9.86. The van der Waals surface area contributed by atoms with Gasteiger partial charge >= 0.3 is 5.25 Å². The summed E-state index contributed by atoms with van der Waals surface area (Å²) in [6.45, 7) is 4.96. The number of hydrogen-bond donors (Lipinski definition) is 1. The molecule has 0 aromatic heterocycles. The SMILES string of the molecule is CC(C)(C)C(NCc1ccccc1)C(F)(F)S(=O)(=O)c1ccccc1. The highest BCUT2D eigenvalue weighted by atomic mass is 32.2. The summed E-state index contributed by atoms with van der Waals surface area (Å²) < 4.78 is 55.3. The van der Waals surface area contributed by atoms with Crippen molar-refractivity contribution in [3.63, 3.8) is 0 Å². The molecule has 0 saturated carbocycles. The van der Waals surface area contributed by atoms with Crippen LogP contribution in [0.15, 0.2) is 65.6 Å². The van der Waals surface area contributed by atoms with Crippen LogP contribution in [0.4, 0.5) is 8.78 Å². The van der Waals surface area contributed by atoms with Gasteiger partial charge in [0.1, 0.15) is 0 Å². The van der Waals surface area contributed by atoms with E-state index in [4.69, 9.17) is 0 Å². The molecular weight excluding hydrogens is 344 g/mol. The summed E-state index contributed by atoms with van der Waals surface area (Å²) in [7, 11) is -4.82. The first-order valence-electron chi connectivity index (χ1n) is 8.01. The molecule has 0 saturated heterocycles. The molecule has 25 heavy (non-hydrogen) atoms. The minimum atomic E-state index is -4.82.